The second-order valence-corrected chi connectivity index (χ2v) is 6.08. The van der Waals surface area contributed by atoms with Gasteiger partial charge in [0.2, 0.25) is 0 Å². The zero-order valence-corrected chi connectivity index (χ0v) is 14.3. The Morgan fingerprint density at radius 3 is 2.71 bits per heavy atom. The van der Waals surface area contributed by atoms with Gasteiger partial charge in [0.05, 0.1) is 12.7 Å². The van der Waals surface area contributed by atoms with Crippen LogP contribution in [0.5, 0.6) is 0 Å². The van der Waals surface area contributed by atoms with Crippen LogP contribution >= 0.6 is 27.5 Å². The molecule has 1 atom stereocenters. The molecule has 1 N–H and O–H groups in total. The van der Waals surface area contributed by atoms with Crippen molar-refractivity contribution in [3.8, 4) is 0 Å². The number of rotatable bonds is 7. The van der Waals surface area contributed by atoms with Crippen LogP contribution in [0.25, 0.3) is 0 Å². The third-order valence-corrected chi connectivity index (χ3v) is 4.06. The van der Waals surface area contributed by atoms with Crippen LogP contribution in [0.4, 0.5) is 0 Å². The fourth-order valence-electron chi connectivity index (χ4n) is 2.06. The van der Waals surface area contributed by atoms with E-state index >= 15 is 0 Å². The van der Waals surface area contributed by atoms with Crippen molar-refractivity contribution < 1.29 is 4.74 Å². The topological polar surface area (TPSA) is 21.3 Å². The molecule has 0 saturated heterocycles. The molecule has 4 heteroatoms. The Kier molecular flexibility index (Phi) is 6.71. The van der Waals surface area contributed by atoms with E-state index in [4.69, 9.17) is 16.3 Å². The third kappa shape index (κ3) is 5.11. The maximum atomic E-state index is 6.18. The van der Waals surface area contributed by atoms with Crippen LogP contribution in [0.3, 0.4) is 0 Å². The summed E-state index contributed by atoms with van der Waals surface area (Å²) in [5, 5.41) is 4.09. The van der Waals surface area contributed by atoms with Crippen LogP contribution in [-0.4, -0.2) is 13.1 Å². The van der Waals surface area contributed by atoms with Gasteiger partial charge in [-0.05, 0) is 35.9 Å². The molecule has 0 amide bonds. The van der Waals surface area contributed by atoms with E-state index in [0.717, 1.165) is 33.7 Å². The van der Waals surface area contributed by atoms with E-state index in [-0.39, 0.29) is 6.10 Å². The first-order chi connectivity index (χ1) is 10.2. The zero-order valence-electron chi connectivity index (χ0n) is 12.0. The predicted octanol–water partition coefficient (Wildman–Crippen LogP) is 4.97. The average Bonchev–Trinajstić information content (AvgIpc) is 2.49. The molecule has 0 radical (unpaired) electrons. The summed E-state index contributed by atoms with van der Waals surface area (Å²) in [6.07, 6.45) is -0.00118. The minimum atomic E-state index is -0.00118. The minimum Gasteiger partial charge on any atom is -0.367 e. The second-order valence-electron chi connectivity index (χ2n) is 4.75. The fraction of sp³-hybridized carbons (Fsp3) is 0.294. The van der Waals surface area contributed by atoms with E-state index in [1.54, 1.807) is 0 Å². The summed E-state index contributed by atoms with van der Waals surface area (Å²) in [6.45, 7) is 4.28. The summed E-state index contributed by atoms with van der Waals surface area (Å²) in [4.78, 5) is 0. The summed E-state index contributed by atoms with van der Waals surface area (Å²) < 4.78 is 7.14. The first-order valence-corrected chi connectivity index (χ1v) is 8.19. The van der Waals surface area contributed by atoms with Gasteiger partial charge in [-0.1, -0.05) is 64.8 Å². The summed E-state index contributed by atoms with van der Waals surface area (Å²) >= 11 is 9.69. The average molecular weight is 369 g/mol. The maximum Gasteiger partial charge on any atom is 0.0954 e. The van der Waals surface area contributed by atoms with E-state index in [0.29, 0.717) is 6.61 Å². The van der Waals surface area contributed by atoms with E-state index in [2.05, 4.69) is 40.3 Å². The number of hydrogen-bond acceptors (Lipinski definition) is 2. The molecule has 0 fully saturated rings. The highest BCUT2D eigenvalue weighted by molar-refractivity contribution is 9.10. The fourth-order valence-corrected chi connectivity index (χ4v) is 2.67. The predicted molar refractivity (Wildman–Crippen MR) is 91.7 cm³/mol. The lowest BCUT2D eigenvalue weighted by molar-refractivity contribution is 0.0402. The molecule has 0 bridgehead atoms. The van der Waals surface area contributed by atoms with Crippen molar-refractivity contribution >= 4 is 27.5 Å². The van der Waals surface area contributed by atoms with Crippen molar-refractivity contribution in [3.63, 3.8) is 0 Å². The molecule has 0 aliphatic heterocycles. The van der Waals surface area contributed by atoms with E-state index in [9.17, 15) is 0 Å². The molecular weight excluding hydrogens is 350 g/mol. The summed E-state index contributed by atoms with van der Waals surface area (Å²) in [6, 6.07) is 16.0. The van der Waals surface area contributed by atoms with E-state index < -0.39 is 0 Å². The first-order valence-electron chi connectivity index (χ1n) is 7.02. The van der Waals surface area contributed by atoms with Crippen LogP contribution in [0.1, 0.15) is 24.2 Å². The van der Waals surface area contributed by atoms with Gasteiger partial charge in [-0.25, -0.2) is 0 Å². The summed E-state index contributed by atoms with van der Waals surface area (Å²) in [5.74, 6) is 0. The van der Waals surface area contributed by atoms with Crippen molar-refractivity contribution in [1.82, 2.24) is 5.32 Å². The maximum absolute atomic E-state index is 6.18. The van der Waals surface area contributed by atoms with Crippen LogP contribution in [0.15, 0.2) is 53.0 Å². The lowest BCUT2D eigenvalue weighted by Gasteiger charge is -2.19. The quantitative estimate of drug-likeness (QED) is 0.745. The standard InChI is InChI=1S/C17H19BrClNO/c1-2-20-11-17(13-7-5-8-15(18)10-13)21-12-14-6-3-4-9-16(14)19/h3-10,17,20H,2,11-12H2,1H3. The van der Waals surface area contributed by atoms with Gasteiger partial charge in [0.15, 0.2) is 0 Å². The smallest absolute Gasteiger partial charge is 0.0954 e. The van der Waals surface area contributed by atoms with Gasteiger partial charge in [0, 0.05) is 16.0 Å². The molecule has 112 valence electrons. The highest BCUT2D eigenvalue weighted by Gasteiger charge is 2.13. The number of benzene rings is 2. The molecular formula is C17H19BrClNO. The molecule has 0 aromatic heterocycles. The molecule has 1 unspecified atom stereocenters. The minimum absolute atomic E-state index is 0.00118. The largest absolute Gasteiger partial charge is 0.367 e. The molecule has 2 aromatic carbocycles. The van der Waals surface area contributed by atoms with Gasteiger partial charge in [-0.15, -0.1) is 0 Å². The Bertz CT molecular complexity index is 576. The van der Waals surface area contributed by atoms with E-state index in [1.165, 1.54) is 0 Å². The molecule has 0 aliphatic carbocycles. The highest BCUT2D eigenvalue weighted by atomic mass is 79.9. The van der Waals surface area contributed by atoms with Crippen LogP contribution < -0.4 is 5.32 Å². The first kappa shape index (κ1) is 16.5. The third-order valence-electron chi connectivity index (χ3n) is 3.20. The van der Waals surface area contributed by atoms with Crippen molar-refractivity contribution in [1.29, 1.82) is 0 Å². The zero-order chi connectivity index (χ0) is 15.1. The van der Waals surface area contributed by atoms with E-state index in [1.807, 2.05) is 36.4 Å². The molecule has 0 aliphatic rings. The summed E-state index contributed by atoms with van der Waals surface area (Å²) in [5.41, 5.74) is 2.16. The van der Waals surface area contributed by atoms with Crippen LogP contribution in [0.2, 0.25) is 5.02 Å². The van der Waals surface area contributed by atoms with Gasteiger partial charge in [-0.2, -0.15) is 0 Å². The van der Waals surface area contributed by atoms with Crippen molar-refractivity contribution in [3.05, 3.63) is 69.2 Å². The number of halogens is 2. The van der Waals surface area contributed by atoms with Crippen LogP contribution in [-0.2, 0) is 11.3 Å². The Morgan fingerprint density at radius 1 is 1.19 bits per heavy atom. The van der Waals surface area contributed by atoms with Gasteiger partial charge in [0.1, 0.15) is 0 Å². The summed E-state index contributed by atoms with van der Waals surface area (Å²) in [7, 11) is 0. The Balaban J connectivity index is 2.08. The van der Waals surface area contributed by atoms with Crippen molar-refractivity contribution in [2.24, 2.45) is 0 Å². The Morgan fingerprint density at radius 2 is 2.00 bits per heavy atom. The molecule has 2 nitrogen and oxygen atoms in total. The molecule has 21 heavy (non-hydrogen) atoms. The highest BCUT2D eigenvalue weighted by Crippen LogP contribution is 2.24. The number of ether oxygens (including phenoxy) is 1. The van der Waals surface area contributed by atoms with Crippen molar-refractivity contribution in [2.75, 3.05) is 13.1 Å². The number of hydrogen-bond donors (Lipinski definition) is 1. The molecule has 0 spiro atoms. The van der Waals surface area contributed by atoms with Gasteiger partial charge >= 0.3 is 0 Å². The van der Waals surface area contributed by atoms with Crippen molar-refractivity contribution in [2.45, 2.75) is 19.6 Å². The monoisotopic (exact) mass is 367 g/mol. The normalized spacial score (nSPS) is 12.3. The molecule has 0 heterocycles. The van der Waals surface area contributed by atoms with Gasteiger partial charge in [0.25, 0.3) is 0 Å². The second kappa shape index (κ2) is 8.54. The Labute approximate surface area is 139 Å². The molecule has 2 rings (SSSR count). The lowest BCUT2D eigenvalue weighted by atomic mass is 10.1. The molecule has 2 aromatic rings. The SMILES string of the molecule is CCNCC(OCc1ccccc1Cl)c1cccc(Br)c1. The number of nitrogens with one attached hydrogen (secondary N) is 1. The molecule has 0 saturated carbocycles. The Hall–Kier alpha value is -0.870. The van der Waals surface area contributed by atoms with Gasteiger partial charge < -0.3 is 10.1 Å². The van der Waals surface area contributed by atoms with Gasteiger partial charge in [-0.3, -0.25) is 0 Å². The van der Waals surface area contributed by atoms with Crippen LogP contribution in [0, 0.1) is 0 Å². The number of likely N-dealkylation sites (N-methyl/N-ethyl adjacent to an activating group) is 1. The lowest BCUT2D eigenvalue weighted by Crippen LogP contribution is -2.23.